The monoisotopic (exact) mass is 252 g/mol. The summed E-state index contributed by atoms with van der Waals surface area (Å²) in [6.07, 6.45) is 14.7. The zero-order chi connectivity index (χ0) is 12.6. The molecular weight excluding hydrogens is 220 g/mol. The third kappa shape index (κ3) is 4.24. The second kappa shape index (κ2) is 8.16. The van der Waals surface area contributed by atoms with E-state index in [1.54, 1.807) is 0 Å². The van der Waals surface area contributed by atoms with E-state index in [0.717, 1.165) is 18.6 Å². The second-order valence-corrected chi connectivity index (χ2v) is 6.18. The highest BCUT2D eigenvalue weighted by Gasteiger charge is 2.28. The van der Waals surface area contributed by atoms with Crippen molar-refractivity contribution in [3.63, 3.8) is 0 Å². The molecule has 2 aliphatic carbocycles. The van der Waals surface area contributed by atoms with E-state index in [0.29, 0.717) is 0 Å². The van der Waals surface area contributed by atoms with Crippen molar-refractivity contribution >= 4 is 0 Å². The van der Waals surface area contributed by atoms with E-state index in [2.05, 4.69) is 17.1 Å². The standard InChI is InChI=1S/C16H32N2/c1-2-17-13-14-18(15-9-5-3-6-10-15)16-11-7-4-8-12-16/h15-17H,2-14H2,1H3. The zero-order valence-electron chi connectivity index (χ0n) is 12.3. The molecule has 18 heavy (non-hydrogen) atoms. The van der Waals surface area contributed by atoms with Crippen molar-refractivity contribution in [2.75, 3.05) is 19.6 Å². The minimum atomic E-state index is 0.903. The summed E-state index contributed by atoms with van der Waals surface area (Å²) >= 11 is 0. The Morgan fingerprint density at radius 1 is 0.833 bits per heavy atom. The van der Waals surface area contributed by atoms with Gasteiger partial charge in [-0.3, -0.25) is 4.90 Å². The van der Waals surface area contributed by atoms with Gasteiger partial charge in [-0.1, -0.05) is 45.4 Å². The second-order valence-electron chi connectivity index (χ2n) is 6.18. The van der Waals surface area contributed by atoms with Gasteiger partial charge in [-0.2, -0.15) is 0 Å². The van der Waals surface area contributed by atoms with Gasteiger partial charge >= 0.3 is 0 Å². The van der Waals surface area contributed by atoms with E-state index < -0.39 is 0 Å². The van der Waals surface area contributed by atoms with Gasteiger partial charge in [0.2, 0.25) is 0 Å². The molecule has 0 atom stereocenters. The lowest BCUT2D eigenvalue weighted by molar-refractivity contribution is 0.0820. The molecular formula is C16H32N2. The molecule has 0 aromatic carbocycles. The summed E-state index contributed by atoms with van der Waals surface area (Å²) < 4.78 is 0. The summed E-state index contributed by atoms with van der Waals surface area (Å²) in [5.41, 5.74) is 0. The molecule has 0 bridgehead atoms. The van der Waals surface area contributed by atoms with Crippen LogP contribution in [0.1, 0.15) is 71.1 Å². The van der Waals surface area contributed by atoms with Crippen LogP contribution in [-0.2, 0) is 0 Å². The molecule has 1 N–H and O–H groups in total. The fraction of sp³-hybridized carbons (Fsp3) is 1.00. The largest absolute Gasteiger partial charge is 0.316 e. The molecule has 0 saturated heterocycles. The first-order valence-corrected chi connectivity index (χ1v) is 8.38. The summed E-state index contributed by atoms with van der Waals surface area (Å²) in [5, 5.41) is 3.52. The average Bonchev–Trinajstić information content (AvgIpc) is 2.46. The van der Waals surface area contributed by atoms with Crippen LogP contribution in [0, 0.1) is 0 Å². The highest BCUT2D eigenvalue weighted by atomic mass is 15.2. The normalized spacial score (nSPS) is 23.7. The van der Waals surface area contributed by atoms with Gasteiger partial charge in [0.25, 0.3) is 0 Å². The van der Waals surface area contributed by atoms with Gasteiger partial charge in [0.05, 0.1) is 0 Å². The molecule has 0 heterocycles. The maximum Gasteiger partial charge on any atom is 0.0113 e. The predicted molar refractivity (Wildman–Crippen MR) is 79.0 cm³/mol. The molecule has 2 saturated carbocycles. The molecule has 2 heteroatoms. The highest BCUT2D eigenvalue weighted by molar-refractivity contribution is 4.84. The topological polar surface area (TPSA) is 15.3 Å². The highest BCUT2D eigenvalue weighted by Crippen LogP contribution is 2.29. The van der Waals surface area contributed by atoms with Gasteiger partial charge in [0.1, 0.15) is 0 Å². The quantitative estimate of drug-likeness (QED) is 0.727. The van der Waals surface area contributed by atoms with Crippen molar-refractivity contribution in [3.8, 4) is 0 Å². The summed E-state index contributed by atoms with van der Waals surface area (Å²) in [7, 11) is 0. The fourth-order valence-electron chi connectivity index (χ4n) is 3.87. The van der Waals surface area contributed by atoms with Gasteiger partial charge in [-0.05, 0) is 32.2 Å². The van der Waals surface area contributed by atoms with Gasteiger partial charge in [0, 0.05) is 25.2 Å². The Hall–Kier alpha value is -0.0800. The van der Waals surface area contributed by atoms with Gasteiger partial charge in [0.15, 0.2) is 0 Å². The van der Waals surface area contributed by atoms with E-state index in [4.69, 9.17) is 0 Å². The fourth-order valence-corrected chi connectivity index (χ4v) is 3.87. The zero-order valence-corrected chi connectivity index (χ0v) is 12.3. The van der Waals surface area contributed by atoms with E-state index >= 15 is 0 Å². The van der Waals surface area contributed by atoms with Crippen LogP contribution in [-0.4, -0.2) is 36.6 Å². The van der Waals surface area contributed by atoms with E-state index in [1.807, 2.05) is 0 Å². The van der Waals surface area contributed by atoms with Crippen LogP contribution in [0.25, 0.3) is 0 Å². The van der Waals surface area contributed by atoms with Crippen LogP contribution in [0.15, 0.2) is 0 Å². The molecule has 0 radical (unpaired) electrons. The van der Waals surface area contributed by atoms with Crippen molar-refractivity contribution in [1.82, 2.24) is 10.2 Å². The van der Waals surface area contributed by atoms with E-state index in [9.17, 15) is 0 Å². The molecule has 106 valence electrons. The first kappa shape index (κ1) is 14.3. The Labute approximate surface area is 114 Å². The molecule has 0 amide bonds. The molecule has 0 aromatic rings. The lowest BCUT2D eigenvalue weighted by atomic mass is 9.88. The van der Waals surface area contributed by atoms with E-state index in [-0.39, 0.29) is 0 Å². The van der Waals surface area contributed by atoms with Crippen molar-refractivity contribution in [2.45, 2.75) is 83.2 Å². The van der Waals surface area contributed by atoms with Crippen LogP contribution in [0.2, 0.25) is 0 Å². The molecule has 0 unspecified atom stereocenters. The third-order valence-electron chi connectivity index (χ3n) is 4.88. The Morgan fingerprint density at radius 2 is 1.33 bits per heavy atom. The minimum Gasteiger partial charge on any atom is -0.316 e. The number of hydrogen-bond donors (Lipinski definition) is 1. The predicted octanol–water partition coefficient (Wildman–Crippen LogP) is 3.56. The number of likely N-dealkylation sites (N-methyl/N-ethyl adjacent to an activating group) is 1. The smallest absolute Gasteiger partial charge is 0.0113 e. The van der Waals surface area contributed by atoms with Crippen molar-refractivity contribution < 1.29 is 0 Å². The number of nitrogens with zero attached hydrogens (tertiary/aromatic N) is 1. The van der Waals surface area contributed by atoms with Crippen LogP contribution < -0.4 is 5.32 Å². The molecule has 2 fully saturated rings. The number of hydrogen-bond acceptors (Lipinski definition) is 2. The average molecular weight is 252 g/mol. The minimum absolute atomic E-state index is 0.903. The Morgan fingerprint density at radius 3 is 1.78 bits per heavy atom. The van der Waals surface area contributed by atoms with Crippen molar-refractivity contribution in [1.29, 1.82) is 0 Å². The molecule has 0 aromatic heterocycles. The van der Waals surface area contributed by atoms with Crippen LogP contribution in [0.5, 0.6) is 0 Å². The van der Waals surface area contributed by atoms with Gasteiger partial charge in [-0.25, -0.2) is 0 Å². The van der Waals surface area contributed by atoms with Gasteiger partial charge < -0.3 is 5.32 Å². The maximum absolute atomic E-state index is 3.52. The Bertz CT molecular complexity index is 187. The summed E-state index contributed by atoms with van der Waals surface area (Å²) in [5.74, 6) is 0. The van der Waals surface area contributed by atoms with Gasteiger partial charge in [-0.15, -0.1) is 0 Å². The molecule has 0 spiro atoms. The first-order chi connectivity index (χ1) is 8.92. The summed E-state index contributed by atoms with van der Waals surface area (Å²) in [4.78, 5) is 2.89. The van der Waals surface area contributed by atoms with Crippen LogP contribution in [0.4, 0.5) is 0 Å². The number of rotatable bonds is 6. The third-order valence-corrected chi connectivity index (χ3v) is 4.88. The summed E-state index contributed by atoms with van der Waals surface area (Å²) in [6, 6.07) is 1.81. The molecule has 0 aliphatic heterocycles. The SMILES string of the molecule is CCNCCN(C1CCCCC1)C1CCCCC1. The maximum atomic E-state index is 3.52. The summed E-state index contributed by atoms with van der Waals surface area (Å²) in [6.45, 7) is 5.79. The molecule has 2 nitrogen and oxygen atoms in total. The Kier molecular flexibility index (Phi) is 6.50. The molecule has 2 rings (SSSR count). The lowest BCUT2D eigenvalue weighted by Crippen LogP contribution is -2.47. The lowest BCUT2D eigenvalue weighted by Gasteiger charge is -2.41. The van der Waals surface area contributed by atoms with Crippen LogP contribution in [0.3, 0.4) is 0 Å². The van der Waals surface area contributed by atoms with Crippen LogP contribution >= 0.6 is 0 Å². The van der Waals surface area contributed by atoms with Crippen molar-refractivity contribution in [2.24, 2.45) is 0 Å². The number of nitrogens with one attached hydrogen (secondary N) is 1. The molecule has 2 aliphatic rings. The Balaban J connectivity index is 1.87. The van der Waals surface area contributed by atoms with Crippen molar-refractivity contribution in [3.05, 3.63) is 0 Å². The first-order valence-electron chi connectivity index (χ1n) is 8.38. The van der Waals surface area contributed by atoms with E-state index in [1.165, 1.54) is 77.3 Å².